The van der Waals surface area contributed by atoms with Crippen molar-refractivity contribution in [3.05, 3.63) is 29.8 Å². The molecule has 110 valence electrons. The van der Waals surface area contributed by atoms with Crippen LogP contribution < -0.4 is 5.73 Å². The van der Waals surface area contributed by atoms with Crippen molar-refractivity contribution in [2.75, 3.05) is 13.1 Å². The van der Waals surface area contributed by atoms with Crippen molar-refractivity contribution in [1.29, 1.82) is 0 Å². The molecule has 2 rings (SSSR count). The Morgan fingerprint density at radius 2 is 2.10 bits per heavy atom. The Balaban J connectivity index is 2.29. The average Bonchev–Trinajstić information content (AvgIpc) is 2.64. The number of hydrogen-bond acceptors (Lipinski definition) is 3. The standard InChI is InChI=1S/C14H20N2O2S2/c1-11-4-3-8-16(9-7-11)20(17,18)13-6-2-5-12(10-13)14(15)19/h2,5-6,10-11H,3-4,7-9H2,1H3,(H2,15,19). The summed E-state index contributed by atoms with van der Waals surface area (Å²) < 4.78 is 26.9. The van der Waals surface area contributed by atoms with Gasteiger partial charge < -0.3 is 5.73 Å². The molecule has 1 unspecified atom stereocenters. The summed E-state index contributed by atoms with van der Waals surface area (Å²) in [6, 6.07) is 6.57. The minimum absolute atomic E-state index is 0.214. The van der Waals surface area contributed by atoms with Crippen molar-refractivity contribution in [2.24, 2.45) is 11.7 Å². The molecule has 4 nitrogen and oxygen atoms in total. The molecule has 1 aliphatic heterocycles. The van der Waals surface area contributed by atoms with Gasteiger partial charge >= 0.3 is 0 Å². The van der Waals surface area contributed by atoms with E-state index in [1.54, 1.807) is 28.6 Å². The molecule has 1 heterocycles. The van der Waals surface area contributed by atoms with Gasteiger partial charge in [0.25, 0.3) is 0 Å². The maximum absolute atomic E-state index is 12.7. The summed E-state index contributed by atoms with van der Waals surface area (Å²) in [7, 11) is -3.45. The quantitative estimate of drug-likeness (QED) is 0.869. The Kier molecular flexibility index (Phi) is 4.78. The number of thiocarbonyl (C=S) groups is 1. The number of nitrogens with two attached hydrogens (primary N) is 1. The fraction of sp³-hybridized carbons (Fsp3) is 0.500. The molecule has 0 amide bonds. The van der Waals surface area contributed by atoms with Gasteiger partial charge in [-0.2, -0.15) is 4.31 Å². The van der Waals surface area contributed by atoms with E-state index >= 15 is 0 Å². The van der Waals surface area contributed by atoms with Crippen LogP contribution >= 0.6 is 12.2 Å². The van der Waals surface area contributed by atoms with Crippen molar-refractivity contribution in [3.8, 4) is 0 Å². The second kappa shape index (κ2) is 6.20. The second-order valence-corrected chi connectivity index (χ2v) is 7.71. The summed E-state index contributed by atoms with van der Waals surface area (Å²) in [5.41, 5.74) is 6.16. The lowest BCUT2D eigenvalue weighted by molar-refractivity contribution is 0.417. The van der Waals surface area contributed by atoms with Crippen LogP contribution in [0.3, 0.4) is 0 Å². The third-order valence-electron chi connectivity index (χ3n) is 3.73. The number of sulfonamides is 1. The highest BCUT2D eigenvalue weighted by Crippen LogP contribution is 2.23. The van der Waals surface area contributed by atoms with Gasteiger partial charge in [-0.05, 0) is 37.3 Å². The molecule has 1 atom stereocenters. The number of hydrogen-bond donors (Lipinski definition) is 1. The summed E-state index contributed by atoms with van der Waals surface area (Å²) in [5, 5.41) is 0. The van der Waals surface area contributed by atoms with E-state index in [-0.39, 0.29) is 9.88 Å². The van der Waals surface area contributed by atoms with E-state index < -0.39 is 10.0 Å². The fourth-order valence-corrected chi connectivity index (χ4v) is 4.10. The van der Waals surface area contributed by atoms with Crippen molar-refractivity contribution in [3.63, 3.8) is 0 Å². The maximum Gasteiger partial charge on any atom is 0.243 e. The first-order chi connectivity index (χ1) is 9.41. The smallest absolute Gasteiger partial charge is 0.243 e. The molecular formula is C14H20N2O2S2. The first kappa shape index (κ1) is 15.4. The molecule has 0 aromatic heterocycles. The molecule has 1 fully saturated rings. The normalized spacial score (nSPS) is 21.4. The molecule has 1 aliphatic rings. The summed E-state index contributed by atoms with van der Waals surface area (Å²) in [5.74, 6) is 0.582. The van der Waals surface area contributed by atoms with E-state index in [0.29, 0.717) is 24.6 Å². The first-order valence-electron chi connectivity index (χ1n) is 6.81. The number of benzene rings is 1. The summed E-state index contributed by atoms with van der Waals surface area (Å²) in [4.78, 5) is 0.490. The Bertz CT molecular complexity index is 599. The monoisotopic (exact) mass is 312 g/mol. The SMILES string of the molecule is CC1CCCN(S(=O)(=O)c2cccc(C(N)=S)c2)CC1. The topological polar surface area (TPSA) is 63.4 Å². The highest BCUT2D eigenvalue weighted by atomic mass is 32.2. The summed E-state index contributed by atoms with van der Waals surface area (Å²) >= 11 is 4.91. The number of nitrogens with zero attached hydrogens (tertiary/aromatic N) is 1. The van der Waals surface area contributed by atoms with Crippen LogP contribution in [0.25, 0.3) is 0 Å². The lowest BCUT2D eigenvalue weighted by atomic mass is 10.0. The molecule has 1 saturated heterocycles. The molecule has 1 aromatic carbocycles. The zero-order valence-electron chi connectivity index (χ0n) is 11.6. The van der Waals surface area contributed by atoms with Crippen LogP contribution in [0.15, 0.2) is 29.2 Å². The summed E-state index contributed by atoms with van der Waals surface area (Å²) in [6.45, 7) is 3.34. The van der Waals surface area contributed by atoms with Crippen LogP contribution in [0.2, 0.25) is 0 Å². The third-order valence-corrected chi connectivity index (χ3v) is 5.86. The lowest BCUT2D eigenvalue weighted by Gasteiger charge is -2.20. The van der Waals surface area contributed by atoms with Gasteiger partial charge in [0.2, 0.25) is 10.0 Å². The first-order valence-corrected chi connectivity index (χ1v) is 8.66. The van der Waals surface area contributed by atoms with Crippen LogP contribution in [0.1, 0.15) is 31.7 Å². The van der Waals surface area contributed by atoms with E-state index in [4.69, 9.17) is 18.0 Å². The average molecular weight is 312 g/mol. The zero-order valence-corrected chi connectivity index (χ0v) is 13.2. The molecule has 0 radical (unpaired) electrons. The highest BCUT2D eigenvalue weighted by Gasteiger charge is 2.26. The minimum Gasteiger partial charge on any atom is -0.389 e. The number of rotatable bonds is 3. The van der Waals surface area contributed by atoms with E-state index in [9.17, 15) is 8.42 Å². The van der Waals surface area contributed by atoms with Gasteiger partial charge in [0, 0.05) is 18.7 Å². The van der Waals surface area contributed by atoms with E-state index in [2.05, 4.69) is 6.92 Å². The molecule has 0 saturated carbocycles. The molecular weight excluding hydrogens is 292 g/mol. The molecule has 0 bridgehead atoms. The Morgan fingerprint density at radius 3 is 2.80 bits per heavy atom. The maximum atomic E-state index is 12.7. The van der Waals surface area contributed by atoms with Crippen LogP contribution in [0.4, 0.5) is 0 Å². The van der Waals surface area contributed by atoms with Crippen LogP contribution in [0, 0.1) is 5.92 Å². The van der Waals surface area contributed by atoms with Gasteiger partial charge in [0.1, 0.15) is 4.99 Å². The van der Waals surface area contributed by atoms with E-state index in [0.717, 1.165) is 19.3 Å². The van der Waals surface area contributed by atoms with Gasteiger partial charge in [-0.1, -0.05) is 31.3 Å². The largest absolute Gasteiger partial charge is 0.389 e. The van der Waals surface area contributed by atoms with Gasteiger partial charge in [0.05, 0.1) is 4.90 Å². The van der Waals surface area contributed by atoms with Crippen molar-refractivity contribution >= 4 is 27.2 Å². The van der Waals surface area contributed by atoms with Crippen LogP contribution in [-0.4, -0.2) is 30.8 Å². The Labute approximate surface area is 126 Å². The molecule has 0 spiro atoms. The van der Waals surface area contributed by atoms with Gasteiger partial charge in [-0.3, -0.25) is 0 Å². The minimum atomic E-state index is -3.45. The van der Waals surface area contributed by atoms with Gasteiger partial charge in [0.15, 0.2) is 0 Å². The predicted molar refractivity (Wildman–Crippen MR) is 84.1 cm³/mol. The molecule has 1 aromatic rings. The van der Waals surface area contributed by atoms with Crippen molar-refractivity contribution in [2.45, 2.75) is 31.1 Å². The van der Waals surface area contributed by atoms with Gasteiger partial charge in [-0.25, -0.2) is 8.42 Å². The van der Waals surface area contributed by atoms with Gasteiger partial charge in [-0.15, -0.1) is 0 Å². The molecule has 20 heavy (non-hydrogen) atoms. The third kappa shape index (κ3) is 3.37. The second-order valence-electron chi connectivity index (χ2n) is 5.33. The summed E-state index contributed by atoms with van der Waals surface area (Å²) in [6.07, 6.45) is 2.91. The van der Waals surface area contributed by atoms with Crippen LogP contribution in [-0.2, 0) is 10.0 Å². The Hall–Kier alpha value is -0.980. The Morgan fingerprint density at radius 1 is 1.35 bits per heavy atom. The predicted octanol–water partition coefficient (Wildman–Crippen LogP) is 2.13. The van der Waals surface area contributed by atoms with Crippen LogP contribution in [0.5, 0.6) is 0 Å². The molecule has 6 heteroatoms. The molecule has 0 aliphatic carbocycles. The molecule has 2 N–H and O–H groups in total. The van der Waals surface area contributed by atoms with Crippen molar-refractivity contribution < 1.29 is 8.42 Å². The lowest BCUT2D eigenvalue weighted by Crippen LogP contribution is -2.32. The van der Waals surface area contributed by atoms with E-state index in [1.165, 1.54) is 0 Å². The fourth-order valence-electron chi connectivity index (χ4n) is 2.44. The zero-order chi connectivity index (χ0) is 14.8. The van der Waals surface area contributed by atoms with E-state index in [1.807, 2.05) is 0 Å². The highest BCUT2D eigenvalue weighted by molar-refractivity contribution is 7.89. The van der Waals surface area contributed by atoms with Crippen molar-refractivity contribution in [1.82, 2.24) is 4.31 Å².